The minimum atomic E-state index is -3.83. The lowest BCUT2D eigenvalue weighted by molar-refractivity contribution is 0.0631. The highest BCUT2D eigenvalue weighted by Crippen LogP contribution is 2.32. The summed E-state index contributed by atoms with van der Waals surface area (Å²) in [5, 5.41) is 0.189. The predicted octanol–water partition coefficient (Wildman–Crippen LogP) is 2.18. The summed E-state index contributed by atoms with van der Waals surface area (Å²) in [6, 6.07) is 2.68. The van der Waals surface area contributed by atoms with Crippen molar-refractivity contribution in [3.8, 4) is 0 Å². The predicted molar refractivity (Wildman–Crippen MR) is 111 cm³/mol. The molecule has 160 valence electrons. The number of hydrogen-bond donors (Lipinski definition) is 0. The summed E-state index contributed by atoms with van der Waals surface area (Å²) < 4.78 is 32.6. The van der Waals surface area contributed by atoms with Crippen LogP contribution in [-0.2, 0) is 14.8 Å². The summed E-state index contributed by atoms with van der Waals surface area (Å²) in [5.41, 5.74) is 0.179. The van der Waals surface area contributed by atoms with Gasteiger partial charge in [-0.3, -0.25) is 9.69 Å². The lowest BCUT2D eigenvalue weighted by Crippen LogP contribution is -2.49. The van der Waals surface area contributed by atoms with Gasteiger partial charge in [0.2, 0.25) is 10.0 Å². The van der Waals surface area contributed by atoms with E-state index in [1.165, 1.54) is 29.3 Å². The topological polar surface area (TPSA) is 70.2 Å². The maximum atomic E-state index is 13.1. The summed E-state index contributed by atoms with van der Waals surface area (Å²) in [6.45, 7) is 5.15. The number of ether oxygens (including phenoxy) is 1. The zero-order valence-corrected chi connectivity index (χ0v) is 18.5. The van der Waals surface area contributed by atoms with Crippen LogP contribution in [0.3, 0.4) is 0 Å². The van der Waals surface area contributed by atoms with Gasteiger partial charge in [-0.15, -0.1) is 0 Å². The van der Waals surface area contributed by atoms with E-state index in [4.69, 9.17) is 27.9 Å². The van der Waals surface area contributed by atoms with Crippen LogP contribution in [0.15, 0.2) is 17.0 Å². The van der Waals surface area contributed by atoms with Crippen molar-refractivity contribution >= 4 is 39.1 Å². The summed E-state index contributed by atoms with van der Waals surface area (Å²) >= 11 is 12.5. The number of halogens is 2. The Morgan fingerprint density at radius 1 is 1.00 bits per heavy atom. The maximum Gasteiger partial charge on any atom is 0.255 e. The van der Waals surface area contributed by atoms with Gasteiger partial charge in [0.15, 0.2) is 0 Å². The number of morpholine rings is 1. The van der Waals surface area contributed by atoms with E-state index in [2.05, 4.69) is 4.90 Å². The van der Waals surface area contributed by atoms with Crippen molar-refractivity contribution in [3.63, 3.8) is 0 Å². The normalized spacial score (nSPS) is 22.1. The number of rotatable bonds is 5. The first-order valence-electron chi connectivity index (χ1n) is 9.95. The molecule has 1 saturated carbocycles. The molecule has 7 nitrogen and oxygen atoms in total. The van der Waals surface area contributed by atoms with Gasteiger partial charge in [0.05, 0.1) is 28.8 Å². The summed E-state index contributed by atoms with van der Waals surface area (Å²) in [6.07, 6.45) is 2.61. The fourth-order valence-corrected chi connectivity index (χ4v) is 6.02. The third kappa shape index (κ3) is 4.73. The monoisotopic (exact) mass is 461 g/mol. The molecule has 1 aliphatic carbocycles. The standard InChI is InChI=1S/C19H25Cl2N3O4S/c20-16-12-17(21)18(29(26,27)24-7-9-28-10-8-24)11-15(16)19(25)23-5-3-22(4-6-23)13-14-1-2-14/h11-12,14H,1-10,13H2. The molecule has 2 aliphatic heterocycles. The quantitative estimate of drug-likeness (QED) is 0.671. The lowest BCUT2D eigenvalue weighted by atomic mass is 10.1. The summed E-state index contributed by atoms with van der Waals surface area (Å²) in [5.74, 6) is 0.562. The van der Waals surface area contributed by atoms with Crippen LogP contribution in [0.25, 0.3) is 0 Å². The van der Waals surface area contributed by atoms with Crippen LogP contribution in [0.4, 0.5) is 0 Å². The van der Waals surface area contributed by atoms with E-state index in [1.807, 2.05) is 0 Å². The van der Waals surface area contributed by atoms with Crippen LogP contribution in [0.1, 0.15) is 23.2 Å². The summed E-state index contributed by atoms with van der Waals surface area (Å²) in [4.78, 5) is 17.1. The Morgan fingerprint density at radius 2 is 1.66 bits per heavy atom. The number of sulfonamides is 1. The van der Waals surface area contributed by atoms with Gasteiger partial charge in [0.1, 0.15) is 4.90 Å². The Labute approximate surface area is 181 Å². The van der Waals surface area contributed by atoms with Gasteiger partial charge in [-0.05, 0) is 30.9 Å². The molecule has 3 fully saturated rings. The molecule has 0 N–H and O–H groups in total. The SMILES string of the molecule is O=C(c1cc(S(=O)(=O)N2CCOCC2)c(Cl)cc1Cl)N1CCN(CC2CC2)CC1. The van der Waals surface area contributed by atoms with Crippen molar-refractivity contribution in [2.75, 3.05) is 59.0 Å². The molecule has 1 amide bonds. The molecule has 0 spiro atoms. The third-order valence-electron chi connectivity index (χ3n) is 5.71. The van der Waals surface area contributed by atoms with Gasteiger partial charge in [-0.2, -0.15) is 4.31 Å². The van der Waals surface area contributed by atoms with E-state index in [0.29, 0.717) is 26.3 Å². The van der Waals surface area contributed by atoms with Crippen LogP contribution < -0.4 is 0 Å². The molecular formula is C19H25Cl2N3O4S. The molecular weight excluding hydrogens is 437 g/mol. The van der Waals surface area contributed by atoms with Crippen LogP contribution in [-0.4, -0.2) is 87.5 Å². The lowest BCUT2D eigenvalue weighted by Gasteiger charge is -2.35. The first kappa shape index (κ1) is 21.3. The van der Waals surface area contributed by atoms with E-state index in [1.54, 1.807) is 4.90 Å². The molecule has 4 rings (SSSR count). The van der Waals surface area contributed by atoms with Gasteiger partial charge in [-0.25, -0.2) is 8.42 Å². The van der Waals surface area contributed by atoms with Gasteiger partial charge < -0.3 is 9.64 Å². The number of benzene rings is 1. The molecule has 0 atom stereocenters. The average molecular weight is 462 g/mol. The number of nitrogens with zero attached hydrogens (tertiary/aromatic N) is 3. The zero-order valence-electron chi connectivity index (χ0n) is 16.1. The van der Waals surface area contributed by atoms with Crippen molar-refractivity contribution in [1.82, 2.24) is 14.1 Å². The van der Waals surface area contributed by atoms with E-state index in [-0.39, 0.29) is 39.5 Å². The minimum absolute atomic E-state index is 0.0206. The second kappa shape index (κ2) is 8.69. The molecule has 1 aromatic rings. The second-order valence-electron chi connectivity index (χ2n) is 7.82. The van der Waals surface area contributed by atoms with Crippen molar-refractivity contribution in [2.24, 2.45) is 5.92 Å². The minimum Gasteiger partial charge on any atom is -0.379 e. The van der Waals surface area contributed by atoms with Crippen molar-refractivity contribution in [3.05, 3.63) is 27.7 Å². The fraction of sp³-hybridized carbons (Fsp3) is 0.632. The largest absolute Gasteiger partial charge is 0.379 e. The Bertz CT molecular complexity index is 878. The molecule has 2 saturated heterocycles. The number of amides is 1. The molecule has 29 heavy (non-hydrogen) atoms. The van der Waals surface area contributed by atoms with Gasteiger partial charge in [0, 0.05) is 45.8 Å². The first-order chi connectivity index (χ1) is 13.9. The number of carbonyl (C=O) groups is 1. The smallest absolute Gasteiger partial charge is 0.255 e. The van der Waals surface area contributed by atoms with Gasteiger partial charge in [-0.1, -0.05) is 23.2 Å². The number of hydrogen-bond acceptors (Lipinski definition) is 5. The van der Waals surface area contributed by atoms with Crippen LogP contribution in [0.5, 0.6) is 0 Å². The van der Waals surface area contributed by atoms with E-state index < -0.39 is 10.0 Å². The Hall–Kier alpha value is -0.900. The molecule has 0 bridgehead atoms. The van der Waals surface area contributed by atoms with Gasteiger partial charge >= 0.3 is 0 Å². The molecule has 1 aromatic carbocycles. The third-order valence-corrected chi connectivity index (χ3v) is 8.39. The highest BCUT2D eigenvalue weighted by molar-refractivity contribution is 7.89. The van der Waals surface area contributed by atoms with Crippen molar-refractivity contribution in [2.45, 2.75) is 17.7 Å². The maximum absolute atomic E-state index is 13.1. The Balaban J connectivity index is 1.53. The molecule has 3 aliphatic rings. The first-order valence-corrected chi connectivity index (χ1v) is 12.1. The zero-order chi connectivity index (χ0) is 20.6. The van der Waals surface area contributed by atoms with Gasteiger partial charge in [0.25, 0.3) is 5.91 Å². The van der Waals surface area contributed by atoms with Crippen molar-refractivity contribution < 1.29 is 17.9 Å². The van der Waals surface area contributed by atoms with E-state index >= 15 is 0 Å². The Kier molecular flexibility index (Phi) is 6.39. The Morgan fingerprint density at radius 3 is 2.28 bits per heavy atom. The second-order valence-corrected chi connectivity index (χ2v) is 10.5. The van der Waals surface area contributed by atoms with E-state index in [0.717, 1.165) is 25.6 Å². The summed E-state index contributed by atoms with van der Waals surface area (Å²) in [7, 11) is -3.83. The number of carbonyl (C=O) groups excluding carboxylic acids is 1. The highest BCUT2D eigenvalue weighted by atomic mass is 35.5. The fourth-order valence-electron chi connectivity index (χ4n) is 3.79. The van der Waals surface area contributed by atoms with E-state index in [9.17, 15) is 13.2 Å². The van der Waals surface area contributed by atoms with Crippen LogP contribution in [0, 0.1) is 5.92 Å². The average Bonchev–Trinajstić information content (AvgIpc) is 3.53. The van der Waals surface area contributed by atoms with Crippen LogP contribution in [0.2, 0.25) is 10.0 Å². The van der Waals surface area contributed by atoms with Crippen LogP contribution >= 0.6 is 23.2 Å². The molecule has 0 aromatic heterocycles. The molecule has 0 radical (unpaired) electrons. The molecule has 10 heteroatoms. The molecule has 0 unspecified atom stereocenters. The van der Waals surface area contributed by atoms with Crippen molar-refractivity contribution in [1.29, 1.82) is 0 Å². The highest BCUT2D eigenvalue weighted by Gasteiger charge is 2.32. The number of piperazine rings is 1. The molecule has 2 heterocycles.